The molecule has 0 aliphatic carbocycles. The molecule has 5 nitrogen and oxygen atoms in total. The largest absolute Gasteiger partial charge is 0.457 e. The highest BCUT2D eigenvalue weighted by atomic mass is 16.5. The first kappa shape index (κ1) is 17.3. The van der Waals surface area contributed by atoms with E-state index >= 15 is 0 Å². The molecule has 4 rings (SSSR count). The number of carbonyl (C=O) groups excluding carboxylic acids is 1. The molecule has 2 aromatic carbocycles. The van der Waals surface area contributed by atoms with Gasteiger partial charge in [0.2, 0.25) is 5.91 Å². The van der Waals surface area contributed by atoms with Crippen LogP contribution >= 0.6 is 0 Å². The molecule has 1 atom stereocenters. The zero-order valence-electron chi connectivity index (χ0n) is 15.4. The van der Waals surface area contributed by atoms with E-state index in [2.05, 4.69) is 9.97 Å². The lowest BCUT2D eigenvalue weighted by molar-refractivity contribution is -0.131. The number of likely N-dealkylation sites (tertiary alicyclic amines) is 1. The average Bonchev–Trinajstić information content (AvgIpc) is 3.36. The summed E-state index contributed by atoms with van der Waals surface area (Å²) in [5.74, 6) is 1.78. The number of benzene rings is 2. The fourth-order valence-corrected chi connectivity index (χ4v) is 3.59. The highest BCUT2D eigenvalue weighted by molar-refractivity contribution is 5.79. The average molecular weight is 361 g/mol. The van der Waals surface area contributed by atoms with Crippen molar-refractivity contribution in [2.75, 3.05) is 6.54 Å². The molecule has 1 amide bonds. The zero-order chi connectivity index (χ0) is 18.6. The molecule has 0 spiro atoms. The van der Waals surface area contributed by atoms with Crippen LogP contribution in [0.15, 0.2) is 61.1 Å². The Bertz CT molecular complexity index is 904. The molecule has 1 aliphatic heterocycles. The second kappa shape index (κ2) is 7.66. The van der Waals surface area contributed by atoms with Crippen molar-refractivity contribution in [3.05, 3.63) is 77.9 Å². The Kier molecular flexibility index (Phi) is 4.92. The summed E-state index contributed by atoms with van der Waals surface area (Å²) in [6.07, 6.45) is 5.89. The van der Waals surface area contributed by atoms with Gasteiger partial charge in [0.1, 0.15) is 11.5 Å². The van der Waals surface area contributed by atoms with E-state index in [1.807, 2.05) is 66.6 Å². The first-order chi connectivity index (χ1) is 13.2. The Hall–Kier alpha value is -3.08. The van der Waals surface area contributed by atoms with Crippen LogP contribution in [0.4, 0.5) is 0 Å². The van der Waals surface area contributed by atoms with Crippen LogP contribution in [0.5, 0.6) is 11.5 Å². The quantitative estimate of drug-likeness (QED) is 0.732. The summed E-state index contributed by atoms with van der Waals surface area (Å²) >= 11 is 0. The van der Waals surface area contributed by atoms with E-state index in [4.69, 9.17) is 4.74 Å². The smallest absolute Gasteiger partial charge is 0.227 e. The van der Waals surface area contributed by atoms with E-state index in [1.54, 1.807) is 6.33 Å². The highest BCUT2D eigenvalue weighted by Crippen LogP contribution is 2.31. The minimum absolute atomic E-state index is 0.115. The van der Waals surface area contributed by atoms with E-state index in [0.29, 0.717) is 6.42 Å². The van der Waals surface area contributed by atoms with Crippen LogP contribution in [0.2, 0.25) is 0 Å². The molecule has 27 heavy (non-hydrogen) atoms. The Morgan fingerprint density at radius 1 is 1.22 bits per heavy atom. The van der Waals surface area contributed by atoms with Gasteiger partial charge in [0.05, 0.1) is 30.7 Å². The fourth-order valence-electron chi connectivity index (χ4n) is 3.59. The number of amides is 1. The maximum Gasteiger partial charge on any atom is 0.227 e. The topological polar surface area (TPSA) is 58.2 Å². The molecule has 0 radical (unpaired) electrons. The number of ether oxygens (including phenoxy) is 1. The molecule has 1 unspecified atom stereocenters. The number of aryl methyl sites for hydroxylation is 1. The van der Waals surface area contributed by atoms with Crippen LogP contribution in [-0.4, -0.2) is 27.3 Å². The van der Waals surface area contributed by atoms with Gasteiger partial charge >= 0.3 is 0 Å². The second-order valence-electron chi connectivity index (χ2n) is 6.94. The third-order valence-corrected chi connectivity index (χ3v) is 5.05. The monoisotopic (exact) mass is 361 g/mol. The minimum atomic E-state index is 0.115. The van der Waals surface area contributed by atoms with Crippen molar-refractivity contribution in [2.24, 2.45) is 0 Å². The van der Waals surface area contributed by atoms with Crippen molar-refractivity contribution in [3.63, 3.8) is 0 Å². The van der Waals surface area contributed by atoms with Crippen molar-refractivity contribution in [2.45, 2.75) is 32.2 Å². The van der Waals surface area contributed by atoms with E-state index in [-0.39, 0.29) is 11.9 Å². The van der Waals surface area contributed by atoms with Gasteiger partial charge < -0.3 is 14.6 Å². The van der Waals surface area contributed by atoms with E-state index in [1.165, 1.54) is 0 Å². The maximum atomic E-state index is 12.8. The van der Waals surface area contributed by atoms with Gasteiger partial charge in [-0.2, -0.15) is 0 Å². The molecule has 5 heteroatoms. The van der Waals surface area contributed by atoms with Crippen molar-refractivity contribution in [1.82, 2.24) is 14.9 Å². The lowest BCUT2D eigenvalue weighted by Gasteiger charge is -2.24. The molecular formula is C22H23N3O2. The van der Waals surface area contributed by atoms with Gasteiger partial charge in [-0.1, -0.05) is 30.3 Å². The number of para-hydroxylation sites is 1. The molecule has 2 heterocycles. The van der Waals surface area contributed by atoms with Gasteiger partial charge in [-0.25, -0.2) is 4.98 Å². The molecule has 0 saturated carbocycles. The predicted molar refractivity (Wildman–Crippen MR) is 104 cm³/mol. The van der Waals surface area contributed by atoms with Gasteiger partial charge in [-0.05, 0) is 49.1 Å². The maximum absolute atomic E-state index is 12.8. The molecule has 138 valence electrons. The highest BCUT2D eigenvalue weighted by Gasteiger charge is 2.30. The number of hydrogen-bond donors (Lipinski definition) is 1. The Morgan fingerprint density at radius 2 is 2.04 bits per heavy atom. The minimum Gasteiger partial charge on any atom is -0.457 e. The summed E-state index contributed by atoms with van der Waals surface area (Å²) < 4.78 is 5.93. The van der Waals surface area contributed by atoms with Crippen LogP contribution in [-0.2, 0) is 11.2 Å². The Balaban J connectivity index is 1.41. The molecule has 1 aromatic heterocycles. The molecule has 1 saturated heterocycles. The summed E-state index contributed by atoms with van der Waals surface area (Å²) in [6, 6.07) is 15.8. The van der Waals surface area contributed by atoms with E-state index in [9.17, 15) is 4.79 Å². The van der Waals surface area contributed by atoms with Crippen LogP contribution in [0.3, 0.4) is 0 Å². The standard InChI is InChI=1S/C22H23N3O2/c1-16-5-2-3-7-21(16)27-18-10-8-17(9-11-18)13-22(26)25-12-4-6-20(25)19-14-23-15-24-19/h2-3,5,7-11,14-15,20H,4,6,12-13H2,1H3,(H,23,24). The lowest BCUT2D eigenvalue weighted by atomic mass is 10.1. The van der Waals surface area contributed by atoms with Gasteiger partial charge in [-0.3, -0.25) is 4.79 Å². The number of rotatable bonds is 5. The third-order valence-electron chi connectivity index (χ3n) is 5.05. The van der Waals surface area contributed by atoms with Gasteiger partial charge in [-0.15, -0.1) is 0 Å². The van der Waals surface area contributed by atoms with Gasteiger partial charge in [0.15, 0.2) is 0 Å². The summed E-state index contributed by atoms with van der Waals surface area (Å²) in [5, 5.41) is 0. The Labute approximate surface area is 159 Å². The Morgan fingerprint density at radius 3 is 2.78 bits per heavy atom. The fraction of sp³-hybridized carbons (Fsp3) is 0.273. The summed E-state index contributed by atoms with van der Waals surface area (Å²) in [4.78, 5) is 22.0. The van der Waals surface area contributed by atoms with Crippen molar-refractivity contribution in [3.8, 4) is 11.5 Å². The van der Waals surface area contributed by atoms with Gasteiger partial charge in [0, 0.05) is 6.54 Å². The number of aromatic nitrogens is 2. The predicted octanol–water partition coefficient (Wildman–Crippen LogP) is 4.42. The summed E-state index contributed by atoms with van der Waals surface area (Å²) in [7, 11) is 0. The number of hydrogen-bond acceptors (Lipinski definition) is 3. The number of aromatic amines is 1. The zero-order valence-corrected chi connectivity index (χ0v) is 15.4. The molecular weight excluding hydrogens is 338 g/mol. The summed E-state index contributed by atoms with van der Waals surface area (Å²) in [5.41, 5.74) is 3.10. The SMILES string of the molecule is Cc1ccccc1Oc1ccc(CC(=O)N2CCCC2c2cnc[nH]2)cc1. The van der Waals surface area contributed by atoms with Crippen LogP contribution < -0.4 is 4.74 Å². The number of imidazole rings is 1. The molecule has 3 aromatic rings. The number of H-pyrrole nitrogens is 1. The molecule has 1 aliphatic rings. The number of nitrogens with one attached hydrogen (secondary N) is 1. The number of nitrogens with zero attached hydrogens (tertiary/aromatic N) is 2. The molecule has 0 bridgehead atoms. The van der Waals surface area contributed by atoms with Gasteiger partial charge in [0.25, 0.3) is 0 Å². The first-order valence-electron chi connectivity index (χ1n) is 9.31. The molecule has 1 fully saturated rings. The number of carbonyl (C=O) groups is 1. The van der Waals surface area contributed by atoms with E-state index in [0.717, 1.165) is 47.7 Å². The summed E-state index contributed by atoms with van der Waals surface area (Å²) in [6.45, 7) is 2.82. The molecule has 1 N–H and O–H groups in total. The first-order valence-corrected chi connectivity index (χ1v) is 9.31. The van der Waals surface area contributed by atoms with Crippen LogP contribution in [0.1, 0.15) is 35.7 Å². The van der Waals surface area contributed by atoms with Crippen molar-refractivity contribution in [1.29, 1.82) is 0 Å². The van der Waals surface area contributed by atoms with Crippen LogP contribution in [0.25, 0.3) is 0 Å². The van der Waals surface area contributed by atoms with Crippen molar-refractivity contribution < 1.29 is 9.53 Å². The van der Waals surface area contributed by atoms with E-state index < -0.39 is 0 Å². The second-order valence-corrected chi connectivity index (χ2v) is 6.94. The van der Waals surface area contributed by atoms with Crippen LogP contribution in [0, 0.1) is 6.92 Å². The van der Waals surface area contributed by atoms with Crippen molar-refractivity contribution >= 4 is 5.91 Å². The lowest BCUT2D eigenvalue weighted by Crippen LogP contribution is -2.32. The normalized spacial score (nSPS) is 16.5. The third kappa shape index (κ3) is 3.87.